The lowest BCUT2D eigenvalue weighted by Crippen LogP contribution is -2.12. The van der Waals surface area contributed by atoms with E-state index in [2.05, 4.69) is 10.3 Å². The molecule has 4 nitrogen and oxygen atoms in total. The van der Waals surface area contributed by atoms with Gasteiger partial charge in [0.1, 0.15) is 24.0 Å². The monoisotopic (exact) mass is 229 g/mol. The van der Waals surface area contributed by atoms with Crippen molar-refractivity contribution in [2.24, 2.45) is 0 Å². The number of nitrogen functional groups attached to an aromatic ring is 1. The summed E-state index contributed by atoms with van der Waals surface area (Å²) in [6, 6.07) is 15.2. The van der Waals surface area contributed by atoms with Crippen LogP contribution in [0.5, 0.6) is 5.75 Å². The topological polar surface area (TPSA) is 60.2 Å². The van der Waals surface area contributed by atoms with E-state index in [0.717, 1.165) is 11.6 Å². The second-order valence-corrected chi connectivity index (χ2v) is 3.54. The van der Waals surface area contributed by atoms with Gasteiger partial charge in [-0.15, -0.1) is 0 Å². The van der Waals surface area contributed by atoms with Crippen molar-refractivity contribution in [2.75, 3.05) is 24.2 Å². The van der Waals surface area contributed by atoms with Crippen LogP contribution in [0.25, 0.3) is 0 Å². The first-order chi connectivity index (χ1) is 8.34. The first kappa shape index (κ1) is 11.3. The second-order valence-electron chi connectivity index (χ2n) is 3.54. The standard InChI is InChI=1S/C13H15N3O/c14-12-7-4-8-13(16-12)15-9-10-17-11-5-2-1-3-6-11/h1-8H,9-10H2,(H3,14,15,16). The van der Waals surface area contributed by atoms with Crippen molar-refractivity contribution >= 4 is 11.6 Å². The average molecular weight is 229 g/mol. The van der Waals surface area contributed by atoms with Gasteiger partial charge in [-0.2, -0.15) is 0 Å². The Balaban J connectivity index is 1.73. The predicted molar refractivity (Wildman–Crippen MR) is 69.1 cm³/mol. The number of ether oxygens (including phenoxy) is 1. The first-order valence-corrected chi connectivity index (χ1v) is 5.49. The maximum Gasteiger partial charge on any atom is 0.128 e. The molecule has 0 aliphatic carbocycles. The van der Waals surface area contributed by atoms with Gasteiger partial charge in [0.15, 0.2) is 0 Å². The number of aromatic nitrogens is 1. The first-order valence-electron chi connectivity index (χ1n) is 5.49. The molecule has 1 aromatic heterocycles. The fourth-order valence-electron chi connectivity index (χ4n) is 1.41. The van der Waals surface area contributed by atoms with Crippen molar-refractivity contribution in [1.82, 2.24) is 4.98 Å². The third kappa shape index (κ3) is 3.68. The van der Waals surface area contributed by atoms with Crippen molar-refractivity contribution in [2.45, 2.75) is 0 Å². The Morgan fingerprint density at radius 3 is 2.65 bits per heavy atom. The van der Waals surface area contributed by atoms with E-state index in [1.54, 1.807) is 6.07 Å². The zero-order chi connectivity index (χ0) is 11.9. The fraction of sp³-hybridized carbons (Fsp3) is 0.154. The molecule has 88 valence electrons. The number of nitrogens with two attached hydrogens (primary N) is 1. The van der Waals surface area contributed by atoms with Crippen LogP contribution < -0.4 is 15.8 Å². The second kappa shape index (κ2) is 5.75. The molecule has 0 saturated carbocycles. The highest BCUT2D eigenvalue weighted by Crippen LogP contribution is 2.08. The quantitative estimate of drug-likeness (QED) is 0.771. The minimum Gasteiger partial charge on any atom is -0.492 e. The van der Waals surface area contributed by atoms with E-state index in [-0.39, 0.29) is 0 Å². The molecule has 0 unspecified atom stereocenters. The van der Waals surface area contributed by atoms with Gasteiger partial charge in [-0.05, 0) is 24.3 Å². The van der Waals surface area contributed by atoms with Crippen LogP contribution in [0.4, 0.5) is 11.6 Å². The van der Waals surface area contributed by atoms with Gasteiger partial charge in [0.25, 0.3) is 0 Å². The zero-order valence-corrected chi connectivity index (χ0v) is 9.47. The van der Waals surface area contributed by atoms with Gasteiger partial charge in [-0.25, -0.2) is 4.98 Å². The fourth-order valence-corrected chi connectivity index (χ4v) is 1.41. The highest BCUT2D eigenvalue weighted by atomic mass is 16.5. The molecule has 0 spiro atoms. The van der Waals surface area contributed by atoms with E-state index in [0.29, 0.717) is 19.0 Å². The summed E-state index contributed by atoms with van der Waals surface area (Å²) in [5.74, 6) is 2.15. The van der Waals surface area contributed by atoms with Crippen molar-refractivity contribution in [3.63, 3.8) is 0 Å². The lowest BCUT2D eigenvalue weighted by Gasteiger charge is -2.08. The lowest BCUT2D eigenvalue weighted by molar-refractivity contribution is 0.333. The Morgan fingerprint density at radius 2 is 1.88 bits per heavy atom. The van der Waals surface area contributed by atoms with Gasteiger partial charge in [-0.3, -0.25) is 0 Å². The van der Waals surface area contributed by atoms with Gasteiger partial charge in [0, 0.05) is 0 Å². The summed E-state index contributed by atoms with van der Waals surface area (Å²) in [4.78, 5) is 4.13. The molecule has 0 aliphatic heterocycles. The van der Waals surface area contributed by atoms with E-state index in [9.17, 15) is 0 Å². The molecule has 2 aromatic rings. The summed E-state index contributed by atoms with van der Waals surface area (Å²) in [7, 11) is 0. The number of nitrogens with one attached hydrogen (secondary N) is 1. The molecule has 4 heteroatoms. The molecule has 0 bridgehead atoms. The van der Waals surface area contributed by atoms with Crippen molar-refractivity contribution in [3.05, 3.63) is 48.5 Å². The molecule has 0 radical (unpaired) electrons. The lowest BCUT2D eigenvalue weighted by atomic mass is 10.3. The third-order valence-corrected chi connectivity index (χ3v) is 2.19. The van der Waals surface area contributed by atoms with Gasteiger partial charge < -0.3 is 15.8 Å². The normalized spacial score (nSPS) is 9.88. The third-order valence-electron chi connectivity index (χ3n) is 2.19. The molecule has 3 N–H and O–H groups in total. The highest BCUT2D eigenvalue weighted by molar-refractivity contribution is 5.42. The summed E-state index contributed by atoms with van der Waals surface area (Å²) in [5, 5.41) is 3.14. The van der Waals surface area contributed by atoms with Crippen molar-refractivity contribution < 1.29 is 4.74 Å². The number of para-hydroxylation sites is 1. The number of benzene rings is 1. The van der Waals surface area contributed by atoms with Crippen molar-refractivity contribution in [3.8, 4) is 5.75 Å². The van der Waals surface area contributed by atoms with E-state index in [4.69, 9.17) is 10.5 Å². The number of nitrogens with zero attached hydrogens (tertiary/aromatic N) is 1. The van der Waals surface area contributed by atoms with Gasteiger partial charge in [-0.1, -0.05) is 24.3 Å². The van der Waals surface area contributed by atoms with E-state index < -0.39 is 0 Å². The molecule has 0 atom stereocenters. The number of pyridine rings is 1. The van der Waals surface area contributed by atoms with Gasteiger partial charge in [0.2, 0.25) is 0 Å². The summed E-state index contributed by atoms with van der Waals surface area (Å²) in [6.07, 6.45) is 0. The summed E-state index contributed by atoms with van der Waals surface area (Å²) in [6.45, 7) is 1.27. The number of rotatable bonds is 5. The number of hydrogen-bond donors (Lipinski definition) is 2. The molecule has 0 amide bonds. The summed E-state index contributed by atoms with van der Waals surface area (Å²) >= 11 is 0. The van der Waals surface area contributed by atoms with E-state index in [1.807, 2.05) is 42.5 Å². The molecule has 1 aromatic carbocycles. The van der Waals surface area contributed by atoms with Gasteiger partial charge in [0.05, 0.1) is 6.54 Å². The minimum atomic E-state index is 0.513. The van der Waals surface area contributed by atoms with Crippen LogP contribution in [0.3, 0.4) is 0 Å². The molecule has 17 heavy (non-hydrogen) atoms. The molecule has 0 saturated heterocycles. The summed E-state index contributed by atoms with van der Waals surface area (Å²) in [5.41, 5.74) is 5.57. The maximum atomic E-state index is 5.57. The minimum absolute atomic E-state index is 0.513. The van der Waals surface area contributed by atoms with Crippen LogP contribution in [0.1, 0.15) is 0 Å². The molecule has 0 fully saturated rings. The van der Waals surface area contributed by atoms with Crippen molar-refractivity contribution in [1.29, 1.82) is 0 Å². The van der Waals surface area contributed by atoms with Crippen LogP contribution in [0, 0.1) is 0 Å². The van der Waals surface area contributed by atoms with Crippen LogP contribution in [0.15, 0.2) is 48.5 Å². The molecular weight excluding hydrogens is 214 g/mol. The maximum absolute atomic E-state index is 5.57. The molecular formula is C13H15N3O. The van der Waals surface area contributed by atoms with Crippen LogP contribution in [-0.2, 0) is 0 Å². The zero-order valence-electron chi connectivity index (χ0n) is 9.47. The highest BCUT2D eigenvalue weighted by Gasteiger charge is 1.94. The van der Waals surface area contributed by atoms with Crippen LogP contribution >= 0.6 is 0 Å². The molecule has 2 rings (SSSR count). The van der Waals surface area contributed by atoms with E-state index in [1.165, 1.54) is 0 Å². The van der Waals surface area contributed by atoms with E-state index >= 15 is 0 Å². The Hall–Kier alpha value is -2.23. The Kier molecular flexibility index (Phi) is 3.81. The Bertz CT molecular complexity index is 459. The Morgan fingerprint density at radius 1 is 1.06 bits per heavy atom. The van der Waals surface area contributed by atoms with Crippen LogP contribution in [-0.4, -0.2) is 18.1 Å². The molecule has 1 heterocycles. The van der Waals surface area contributed by atoms with Crippen LogP contribution in [0.2, 0.25) is 0 Å². The largest absolute Gasteiger partial charge is 0.492 e. The number of hydrogen-bond acceptors (Lipinski definition) is 4. The predicted octanol–water partition coefficient (Wildman–Crippen LogP) is 2.15. The van der Waals surface area contributed by atoms with Gasteiger partial charge >= 0.3 is 0 Å². The number of anilines is 2. The Labute approximate surface area is 100 Å². The smallest absolute Gasteiger partial charge is 0.128 e. The SMILES string of the molecule is Nc1cccc(NCCOc2ccccc2)n1. The summed E-state index contributed by atoms with van der Waals surface area (Å²) < 4.78 is 5.54. The average Bonchev–Trinajstić information content (AvgIpc) is 2.36. The molecule has 0 aliphatic rings.